The number of nitrogens with one attached hydrogen (secondary N) is 1. The molecule has 1 rings (SSSR count). The van der Waals surface area contributed by atoms with Crippen LogP contribution >= 0.6 is 0 Å². The van der Waals surface area contributed by atoms with Crippen LogP contribution in [0.25, 0.3) is 0 Å². The summed E-state index contributed by atoms with van der Waals surface area (Å²) >= 11 is 0. The fourth-order valence-corrected chi connectivity index (χ4v) is 0.850. The third-order valence-corrected chi connectivity index (χ3v) is 1.64. The van der Waals surface area contributed by atoms with E-state index in [0.717, 1.165) is 0 Å². The highest BCUT2D eigenvalue weighted by Gasteiger charge is 2.14. The summed E-state index contributed by atoms with van der Waals surface area (Å²) in [6, 6.07) is 0.173. The van der Waals surface area contributed by atoms with Crippen molar-refractivity contribution >= 4 is 11.9 Å². The predicted molar refractivity (Wildman–Crippen MR) is 45.3 cm³/mol. The maximum absolute atomic E-state index is 5.46. The highest BCUT2D eigenvalue weighted by atomic mass is 15.2. The van der Waals surface area contributed by atoms with Gasteiger partial charge in [-0.2, -0.15) is 0 Å². The lowest BCUT2D eigenvalue weighted by Crippen LogP contribution is -2.40. The maximum Gasteiger partial charge on any atom is 0.195 e. The molecule has 0 aliphatic carbocycles. The molecule has 11 heavy (non-hydrogen) atoms. The third kappa shape index (κ3) is 1.83. The molecule has 0 aromatic carbocycles. The molecule has 0 aromatic rings. The summed E-state index contributed by atoms with van der Waals surface area (Å²) in [6.07, 6.45) is 0. The first-order chi connectivity index (χ1) is 5.09. The summed E-state index contributed by atoms with van der Waals surface area (Å²) in [7, 11) is 0. The standard InChI is InChI=1S/C6H13N5/c1-3-4(2)10-6(8)11-5(7)9-3/h3-4H,1-2H3,(H5,7,8,9,10,11). The fraction of sp³-hybridized carbons (Fsp3) is 0.667. The van der Waals surface area contributed by atoms with Gasteiger partial charge in [-0.15, -0.1) is 0 Å². The fourth-order valence-electron chi connectivity index (χ4n) is 0.850. The Labute approximate surface area is 65.6 Å². The van der Waals surface area contributed by atoms with Crippen LogP contribution in [0.1, 0.15) is 13.8 Å². The zero-order valence-electron chi connectivity index (χ0n) is 6.70. The molecular formula is C6H13N5. The topological polar surface area (TPSA) is 88.8 Å². The van der Waals surface area contributed by atoms with Gasteiger partial charge in [0.05, 0.1) is 12.1 Å². The van der Waals surface area contributed by atoms with E-state index in [9.17, 15) is 0 Å². The van der Waals surface area contributed by atoms with Gasteiger partial charge in [0.15, 0.2) is 11.9 Å². The Bertz CT molecular complexity index is 185. The van der Waals surface area contributed by atoms with E-state index in [1.807, 2.05) is 13.8 Å². The first-order valence-electron chi connectivity index (χ1n) is 3.53. The molecule has 5 heteroatoms. The zero-order chi connectivity index (χ0) is 8.43. The minimum Gasteiger partial charge on any atom is -0.370 e. The van der Waals surface area contributed by atoms with Crippen LogP contribution in [0, 0.1) is 0 Å². The highest BCUT2D eigenvalue weighted by molar-refractivity contribution is 5.97. The van der Waals surface area contributed by atoms with Crippen LogP contribution in [-0.2, 0) is 0 Å². The molecule has 0 aromatic heterocycles. The molecule has 0 saturated heterocycles. The first kappa shape index (κ1) is 7.84. The summed E-state index contributed by atoms with van der Waals surface area (Å²) in [5, 5.41) is 2.66. The van der Waals surface area contributed by atoms with Crippen molar-refractivity contribution in [3.63, 3.8) is 0 Å². The van der Waals surface area contributed by atoms with Crippen LogP contribution in [0.15, 0.2) is 9.98 Å². The quantitative estimate of drug-likeness (QED) is 0.419. The van der Waals surface area contributed by atoms with Crippen molar-refractivity contribution < 1.29 is 0 Å². The van der Waals surface area contributed by atoms with Crippen LogP contribution < -0.4 is 16.8 Å². The van der Waals surface area contributed by atoms with Crippen LogP contribution in [0.3, 0.4) is 0 Å². The number of guanidine groups is 2. The second-order valence-corrected chi connectivity index (χ2v) is 2.63. The second kappa shape index (κ2) is 2.77. The number of nitrogens with zero attached hydrogens (tertiary/aromatic N) is 2. The number of rotatable bonds is 0. The molecule has 1 aliphatic rings. The van der Waals surface area contributed by atoms with Crippen LogP contribution in [0.2, 0.25) is 0 Å². The number of hydrogen-bond acceptors (Lipinski definition) is 5. The van der Waals surface area contributed by atoms with E-state index in [4.69, 9.17) is 11.5 Å². The molecule has 62 valence electrons. The molecule has 5 N–H and O–H groups in total. The molecular weight excluding hydrogens is 142 g/mol. The Kier molecular flexibility index (Phi) is 1.98. The molecule has 0 spiro atoms. The van der Waals surface area contributed by atoms with Gasteiger partial charge in [-0.05, 0) is 13.8 Å². The van der Waals surface area contributed by atoms with E-state index < -0.39 is 0 Å². The molecule has 2 unspecified atom stereocenters. The largest absolute Gasteiger partial charge is 0.370 e. The van der Waals surface area contributed by atoms with Crippen molar-refractivity contribution in [1.29, 1.82) is 0 Å². The molecule has 0 bridgehead atoms. The van der Waals surface area contributed by atoms with E-state index in [0.29, 0.717) is 11.9 Å². The van der Waals surface area contributed by atoms with Gasteiger partial charge in [0, 0.05) is 0 Å². The molecule has 1 heterocycles. The van der Waals surface area contributed by atoms with Gasteiger partial charge < -0.3 is 11.5 Å². The minimum atomic E-state index is 0.0866. The molecule has 1 aliphatic heterocycles. The van der Waals surface area contributed by atoms with E-state index in [2.05, 4.69) is 15.3 Å². The van der Waals surface area contributed by atoms with Crippen LogP contribution in [0.4, 0.5) is 0 Å². The Morgan fingerprint density at radius 2 is 1.45 bits per heavy atom. The van der Waals surface area contributed by atoms with Crippen molar-refractivity contribution in [2.75, 3.05) is 0 Å². The highest BCUT2D eigenvalue weighted by Crippen LogP contribution is 2.03. The lowest BCUT2D eigenvalue weighted by Gasteiger charge is -2.07. The average molecular weight is 155 g/mol. The Morgan fingerprint density at radius 1 is 1.09 bits per heavy atom. The van der Waals surface area contributed by atoms with Gasteiger partial charge in [0.2, 0.25) is 0 Å². The number of hydrogen-bond donors (Lipinski definition) is 3. The number of nitrogens with two attached hydrogens (primary N) is 2. The van der Waals surface area contributed by atoms with Gasteiger partial charge in [0.25, 0.3) is 0 Å². The molecule has 0 fully saturated rings. The summed E-state index contributed by atoms with van der Waals surface area (Å²) in [5.74, 6) is 0.672. The van der Waals surface area contributed by atoms with E-state index in [1.54, 1.807) is 0 Å². The van der Waals surface area contributed by atoms with Gasteiger partial charge in [0.1, 0.15) is 0 Å². The normalized spacial score (nSPS) is 31.5. The first-order valence-corrected chi connectivity index (χ1v) is 3.53. The summed E-state index contributed by atoms with van der Waals surface area (Å²) in [4.78, 5) is 8.19. The monoisotopic (exact) mass is 155 g/mol. The van der Waals surface area contributed by atoms with Crippen molar-refractivity contribution in [3.05, 3.63) is 0 Å². The third-order valence-electron chi connectivity index (χ3n) is 1.64. The summed E-state index contributed by atoms with van der Waals surface area (Å²) in [5.41, 5.74) is 10.9. The van der Waals surface area contributed by atoms with Crippen LogP contribution in [0.5, 0.6) is 0 Å². The second-order valence-electron chi connectivity index (χ2n) is 2.63. The lowest BCUT2D eigenvalue weighted by molar-refractivity contribution is 0.611. The minimum absolute atomic E-state index is 0.0866. The van der Waals surface area contributed by atoms with Crippen molar-refractivity contribution in [3.8, 4) is 0 Å². The molecule has 0 radical (unpaired) electrons. The predicted octanol–water partition coefficient (Wildman–Crippen LogP) is -1.00. The zero-order valence-corrected chi connectivity index (χ0v) is 6.70. The SMILES string of the molecule is CC1N=C(N)NC(N)=NC1C. The van der Waals surface area contributed by atoms with E-state index in [-0.39, 0.29) is 12.1 Å². The maximum atomic E-state index is 5.46. The molecule has 0 saturated carbocycles. The van der Waals surface area contributed by atoms with Gasteiger partial charge >= 0.3 is 0 Å². The van der Waals surface area contributed by atoms with Gasteiger partial charge in [-0.1, -0.05) is 0 Å². The molecule has 0 amide bonds. The smallest absolute Gasteiger partial charge is 0.195 e. The Morgan fingerprint density at radius 3 is 1.82 bits per heavy atom. The van der Waals surface area contributed by atoms with Crippen molar-refractivity contribution in [1.82, 2.24) is 5.32 Å². The van der Waals surface area contributed by atoms with Crippen molar-refractivity contribution in [2.45, 2.75) is 25.9 Å². The van der Waals surface area contributed by atoms with Crippen molar-refractivity contribution in [2.24, 2.45) is 21.5 Å². The van der Waals surface area contributed by atoms with Crippen LogP contribution in [-0.4, -0.2) is 24.0 Å². The summed E-state index contributed by atoms with van der Waals surface area (Å²) < 4.78 is 0. The Hall–Kier alpha value is -1.26. The van der Waals surface area contributed by atoms with Gasteiger partial charge in [-0.3, -0.25) is 5.32 Å². The van der Waals surface area contributed by atoms with E-state index >= 15 is 0 Å². The number of aliphatic imine (C=N–C) groups is 2. The van der Waals surface area contributed by atoms with E-state index in [1.165, 1.54) is 0 Å². The molecule has 5 nitrogen and oxygen atoms in total. The van der Waals surface area contributed by atoms with Gasteiger partial charge in [-0.25, -0.2) is 9.98 Å². The average Bonchev–Trinajstić information content (AvgIpc) is 1.93. The molecule has 2 atom stereocenters. The summed E-state index contributed by atoms with van der Waals surface area (Å²) in [6.45, 7) is 3.89. The lowest BCUT2D eigenvalue weighted by atomic mass is 10.2. The Balaban J connectivity index is 2.84.